The molecule has 3 rings (SSSR count). The molecular formula is C13H17ClN2O2. The topological polar surface area (TPSA) is 47.7 Å². The van der Waals surface area contributed by atoms with E-state index in [2.05, 4.69) is 11.0 Å². The Balaban J connectivity index is 1.96. The summed E-state index contributed by atoms with van der Waals surface area (Å²) in [7, 11) is 0. The Hall–Kier alpha value is -0.810. The van der Waals surface area contributed by atoms with Gasteiger partial charge in [0, 0.05) is 18.7 Å². The molecule has 1 fully saturated rings. The van der Waals surface area contributed by atoms with Crippen molar-refractivity contribution < 1.29 is 9.47 Å². The van der Waals surface area contributed by atoms with Crippen molar-refractivity contribution in [3.05, 3.63) is 28.8 Å². The Morgan fingerprint density at radius 2 is 2.06 bits per heavy atom. The van der Waals surface area contributed by atoms with E-state index in [0.717, 1.165) is 37.6 Å². The Morgan fingerprint density at radius 3 is 2.83 bits per heavy atom. The van der Waals surface area contributed by atoms with Crippen molar-refractivity contribution in [2.24, 2.45) is 5.73 Å². The van der Waals surface area contributed by atoms with Crippen molar-refractivity contribution in [2.45, 2.75) is 12.1 Å². The van der Waals surface area contributed by atoms with Gasteiger partial charge in [0.05, 0.1) is 30.3 Å². The van der Waals surface area contributed by atoms with Gasteiger partial charge < -0.3 is 15.2 Å². The maximum absolute atomic E-state index is 6.22. The Kier molecular flexibility index (Phi) is 3.43. The number of benzene rings is 1. The van der Waals surface area contributed by atoms with Crippen LogP contribution in [0.4, 0.5) is 0 Å². The summed E-state index contributed by atoms with van der Waals surface area (Å²) in [6, 6.07) is 6.02. The summed E-state index contributed by atoms with van der Waals surface area (Å²) in [4.78, 5) is 2.37. The number of nitrogens with zero attached hydrogens (tertiary/aromatic N) is 1. The molecule has 0 saturated carbocycles. The predicted molar refractivity (Wildman–Crippen MR) is 70.1 cm³/mol. The monoisotopic (exact) mass is 268 g/mol. The zero-order valence-electron chi connectivity index (χ0n) is 10.1. The van der Waals surface area contributed by atoms with E-state index in [0.29, 0.717) is 11.6 Å². The first kappa shape index (κ1) is 12.2. The molecule has 2 heterocycles. The average molecular weight is 269 g/mol. The summed E-state index contributed by atoms with van der Waals surface area (Å²) in [5, 5.41) is 0.664. The van der Waals surface area contributed by atoms with E-state index in [1.165, 1.54) is 0 Å². The highest BCUT2D eigenvalue weighted by Crippen LogP contribution is 2.40. The highest BCUT2D eigenvalue weighted by Gasteiger charge is 2.34. The lowest BCUT2D eigenvalue weighted by Gasteiger charge is -2.41. The van der Waals surface area contributed by atoms with Crippen molar-refractivity contribution in [1.82, 2.24) is 4.90 Å². The minimum atomic E-state index is -0.0194. The van der Waals surface area contributed by atoms with Crippen LogP contribution in [0.1, 0.15) is 11.6 Å². The maximum atomic E-state index is 6.22. The van der Waals surface area contributed by atoms with E-state index in [-0.39, 0.29) is 12.1 Å². The van der Waals surface area contributed by atoms with Crippen LogP contribution < -0.4 is 10.5 Å². The first-order valence-electron chi connectivity index (χ1n) is 6.26. The summed E-state index contributed by atoms with van der Waals surface area (Å²) in [6.07, 6.45) is 0. The van der Waals surface area contributed by atoms with Crippen LogP contribution in [0.3, 0.4) is 0 Å². The molecule has 0 radical (unpaired) electrons. The third-order valence-electron chi connectivity index (χ3n) is 3.58. The van der Waals surface area contributed by atoms with Gasteiger partial charge in [0.1, 0.15) is 12.4 Å². The van der Waals surface area contributed by atoms with Crippen LogP contribution in [0.2, 0.25) is 5.02 Å². The molecule has 0 spiro atoms. The molecule has 0 amide bonds. The molecule has 0 bridgehead atoms. The van der Waals surface area contributed by atoms with Gasteiger partial charge in [-0.25, -0.2) is 0 Å². The molecule has 2 aliphatic heterocycles. The van der Waals surface area contributed by atoms with Crippen LogP contribution in [0.25, 0.3) is 0 Å². The summed E-state index contributed by atoms with van der Waals surface area (Å²) in [6.45, 7) is 3.85. The molecule has 5 heteroatoms. The van der Waals surface area contributed by atoms with Crippen LogP contribution in [0, 0.1) is 0 Å². The standard InChI is InChI=1S/C13H17ClN2O2/c14-10-3-1-2-9-12(11(15)8-18-13(9)10)16-4-6-17-7-5-16/h1-3,11-12H,4-8,15H2. The summed E-state index contributed by atoms with van der Waals surface area (Å²) >= 11 is 6.19. The van der Waals surface area contributed by atoms with E-state index in [1.54, 1.807) is 0 Å². The third kappa shape index (κ3) is 2.10. The fourth-order valence-electron chi connectivity index (χ4n) is 2.74. The zero-order chi connectivity index (χ0) is 12.5. The average Bonchev–Trinajstić information content (AvgIpc) is 2.40. The van der Waals surface area contributed by atoms with E-state index < -0.39 is 0 Å². The smallest absolute Gasteiger partial charge is 0.142 e. The van der Waals surface area contributed by atoms with Gasteiger partial charge in [-0.1, -0.05) is 23.7 Å². The molecule has 1 saturated heterocycles. The molecule has 0 aromatic heterocycles. The molecule has 1 aromatic carbocycles. The van der Waals surface area contributed by atoms with Crippen molar-refractivity contribution in [3.63, 3.8) is 0 Å². The van der Waals surface area contributed by atoms with Crippen LogP contribution >= 0.6 is 11.6 Å². The second-order valence-electron chi connectivity index (χ2n) is 4.73. The van der Waals surface area contributed by atoms with E-state index >= 15 is 0 Å². The number of fused-ring (bicyclic) bond motifs is 1. The third-order valence-corrected chi connectivity index (χ3v) is 3.88. The molecule has 0 aliphatic carbocycles. The normalized spacial score (nSPS) is 28.6. The van der Waals surface area contributed by atoms with Crippen molar-refractivity contribution >= 4 is 11.6 Å². The van der Waals surface area contributed by atoms with Crippen LogP contribution in [-0.4, -0.2) is 43.9 Å². The number of morpholine rings is 1. The second kappa shape index (κ2) is 5.05. The first-order valence-corrected chi connectivity index (χ1v) is 6.64. The number of rotatable bonds is 1. The van der Waals surface area contributed by atoms with Crippen molar-refractivity contribution in [1.29, 1.82) is 0 Å². The van der Waals surface area contributed by atoms with Crippen LogP contribution in [-0.2, 0) is 4.74 Å². The maximum Gasteiger partial charge on any atom is 0.142 e. The fraction of sp³-hybridized carbons (Fsp3) is 0.538. The fourth-order valence-corrected chi connectivity index (χ4v) is 2.97. The Bertz CT molecular complexity index is 435. The first-order chi connectivity index (χ1) is 8.77. The Labute approximate surface area is 112 Å². The largest absolute Gasteiger partial charge is 0.490 e. The van der Waals surface area contributed by atoms with E-state index in [4.69, 9.17) is 26.8 Å². The van der Waals surface area contributed by atoms with Gasteiger partial charge in [-0.15, -0.1) is 0 Å². The lowest BCUT2D eigenvalue weighted by molar-refractivity contribution is 0.00144. The molecule has 2 unspecified atom stereocenters. The van der Waals surface area contributed by atoms with Crippen LogP contribution in [0.5, 0.6) is 5.75 Å². The molecule has 18 heavy (non-hydrogen) atoms. The van der Waals surface area contributed by atoms with Gasteiger partial charge in [-0.3, -0.25) is 4.90 Å². The molecule has 4 nitrogen and oxygen atoms in total. The van der Waals surface area contributed by atoms with Gasteiger partial charge in [0.15, 0.2) is 0 Å². The molecular weight excluding hydrogens is 252 g/mol. The Morgan fingerprint density at radius 1 is 1.28 bits per heavy atom. The molecule has 2 aliphatic rings. The molecule has 1 aromatic rings. The van der Waals surface area contributed by atoms with Gasteiger partial charge in [0.2, 0.25) is 0 Å². The molecule has 2 N–H and O–H groups in total. The van der Waals surface area contributed by atoms with Gasteiger partial charge >= 0.3 is 0 Å². The number of hydrogen-bond donors (Lipinski definition) is 1. The number of para-hydroxylation sites is 1. The van der Waals surface area contributed by atoms with Crippen molar-refractivity contribution in [3.8, 4) is 5.75 Å². The number of hydrogen-bond acceptors (Lipinski definition) is 4. The van der Waals surface area contributed by atoms with Crippen LogP contribution in [0.15, 0.2) is 18.2 Å². The quantitative estimate of drug-likeness (QED) is 0.837. The SMILES string of the molecule is NC1COc2c(Cl)cccc2C1N1CCOCC1. The predicted octanol–water partition coefficient (Wildman–Crippen LogP) is 1.43. The zero-order valence-corrected chi connectivity index (χ0v) is 10.9. The van der Waals surface area contributed by atoms with Crippen molar-refractivity contribution in [2.75, 3.05) is 32.9 Å². The van der Waals surface area contributed by atoms with E-state index in [1.807, 2.05) is 12.1 Å². The number of halogens is 1. The van der Waals surface area contributed by atoms with Gasteiger partial charge in [-0.05, 0) is 6.07 Å². The molecule has 98 valence electrons. The minimum absolute atomic E-state index is 0.0194. The summed E-state index contributed by atoms with van der Waals surface area (Å²) in [5.41, 5.74) is 7.32. The number of ether oxygens (including phenoxy) is 2. The summed E-state index contributed by atoms with van der Waals surface area (Å²) in [5.74, 6) is 0.789. The minimum Gasteiger partial charge on any atom is -0.490 e. The highest BCUT2D eigenvalue weighted by molar-refractivity contribution is 6.32. The van der Waals surface area contributed by atoms with Gasteiger partial charge in [-0.2, -0.15) is 0 Å². The highest BCUT2D eigenvalue weighted by atomic mass is 35.5. The summed E-state index contributed by atoms with van der Waals surface area (Å²) < 4.78 is 11.1. The van der Waals surface area contributed by atoms with E-state index in [9.17, 15) is 0 Å². The number of nitrogens with two attached hydrogens (primary N) is 1. The van der Waals surface area contributed by atoms with Gasteiger partial charge in [0.25, 0.3) is 0 Å². The lowest BCUT2D eigenvalue weighted by Crippen LogP contribution is -2.50. The second-order valence-corrected chi connectivity index (χ2v) is 5.13. The lowest BCUT2D eigenvalue weighted by atomic mass is 9.95. The molecule has 2 atom stereocenters.